The van der Waals surface area contributed by atoms with Gasteiger partial charge in [-0.15, -0.1) is 0 Å². The van der Waals surface area contributed by atoms with E-state index in [1.54, 1.807) is 6.07 Å². The molecule has 2 N–H and O–H groups in total. The third-order valence-electron chi connectivity index (χ3n) is 5.86. The second-order valence-electron chi connectivity index (χ2n) is 7.60. The maximum atomic E-state index is 13.7. The number of hydrogen-bond donors (Lipinski definition) is 2. The van der Waals surface area contributed by atoms with Gasteiger partial charge in [0.05, 0.1) is 5.41 Å². The highest BCUT2D eigenvalue weighted by Crippen LogP contribution is 2.35. The minimum atomic E-state index is -0.678. The zero-order chi connectivity index (χ0) is 18.2. The van der Waals surface area contributed by atoms with Crippen LogP contribution in [0.1, 0.15) is 56.9 Å². The first kappa shape index (κ1) is 19.3. The molecule has 1 aromatic carbocycles. The average molecular weight is 362 g/mol. The number of carbonyl (C=O) groups excluding carboxylic acids is 1. The second kappa shape index (κ2) is 9.47. The van der Waals surface area contributed by atoms with Crippen LogP contribution < -0.4 is 10.6 Å². The average Bonchev–Trinajstić information content (AvgIpc) is 2.94. The zero-order valence-electron chi connectivity index (χ0n) is 15.6. The van der Waals surface area contributed by atoms with Crippen LogP contribution in [0.4, 0.5) is 4.39 Å². The summed E-state index contributed by atoms with van der Waals surface area (Å²) in [7, 11) is 0. The van der Waals surface area contributed by atoms with Gasteiger partial charge in [-0.3, -0.25) is 4.79 Å². The van der Waals surface area contributed by atoms with Gasteiger partial charge in [0, 0.05) is 32.3 Å². The number of halogens is 1. The van der Waals surface area contributed by atoms with Gasteiger partial charge >= 0.3 is 0 Å². The molecule has 1 saturated carbocycles. The van der Waals surface area contributed by atoms with Gasteiger partial charge in [-0.25, -0.2) is 4.39 Å². The molecular formula is C21H31FN2O2. The maximum Gasteiger partial charge on any atom is 0.230 e. The molecule has 0 unspecified atom stereocenters. The van der Waals surface area contributed by atoms with Crippen molar-refractivity contribution in [1.82, 2.24) is 10.6 Å². The second-order valence-corrected chi connectivity index (χ2v) is 7.60. The van der Waals surface area contributed by atoms with E-state index in [0.29, 0.717) is 38.6 Å². The molecule has 144 valence electrons. The molecule has 1 amide bonds. The highest BCUT2D eigenvalue weighted by molar-refractivity contribution is 5.88. The predicted octanol–water partition coefficient (Wildman–Crippen LogP) is 3.30. The summed E-state index contributed by atoms with van der Waals surface area (Å²) in [4.78, 5) is 13.0. The van der Waals surface area contributed by atoms with Gasteiger partial charge in [-0.2, -0.15) is 0 Å². The zero-order valence-corrected chi connectivity index (χ0v) is 15.6. The third kappa shape index (κ3) is 4.83. The molecule has 0 aromatic heterocycles. The topological polar surface area (TPSA) is 50.4 Å². The van der Waals surface area contributed by atoms with Gasteiger partial charge < -0.3 is 15.4 Å². The predicted molar refractivity (Wildman–Crippen MR) is 101 cm³/mol. The number of carbonyl (C=O) groups is 1. The Labute approximate surface area is 155 Å². The lowest BCUT2D eigenvalue weighted by Crippen LogP contribution is -2.49. The lowest BCUT2D eigenvalue weighted by Gasteiger charge is -2.36. The van der Waals surface area contributed by atoms with Crippen LogP contribution in [0.15, 0.2) is 24.3 Å². The molecule has 0 bridgehead atoms. The fourth-order valence-corrected chi connectivity index (χ4v) is 4.26. The molecular weight excluding hydrogens is 331 g/mol. The summed E-state index contributed by atoms with van der Waals surface area (Å²) < 4.78 is 19.2. The van der Waals surface area contributed by atoms with E-state index < -0.39 is 5.41 Å². The van der Waals surface area contributed by atoms with Crippen molar-refractivity contribution < 1.29 is 13.9 Å². The summed E-state index contributed by atoms with van der Waals surface area (Å²) in [5.41, 5.74) is 0.0814. The van der Waals surface area contributed by atoms with E-state index in [0.717, 1.165) is 12.1 Å². The smallest absolute Gasteiger partial charge is 0.230 e. The van der Waals surface area contributed by atoms with Crippen molar-refractivity contribution in [1.29, 1.82) is 0 Å². The fraction of sp³-hybridized carbons (Fsp3) is 0.667. The molecule has 0 radical (unpaired) electrons. The van der Waals surface area contributed by atoms with Crippen LogP contribution in [0.3, 0.4) is 0 Å². The Morgan fingerprint density at radius 2 is 1.85 bits per heavy atom. The quantitative estimate of drug-likeness (QED) is 0.603. The SMILES string of the molecule is O=C(NCCNC1CCCCCC1)C1(c2cccc(F)c2)CCOCC1. The molecule has 3 rings (SSSR count). The van der Waals surface area contributed by atoms with Gasteiger partial charge in [-0.1, -0.05) is 37.8 Å². The standard InChI is InChI=1S/C21H31FN2O2/c22-18-7-5-6-17(16-18)21(10-14-26-15-11-21)20(25)24-13-12-23-19-8-3-1-2-4-9-19/h5-7,16,19,23H,1-4,8-15H2,(H,24,25). The highest BCUT2D eigenvalue weighted by Gasteiger charge is 2.41. The van der Waals surface area contributed by atoms with E-state index in [2.05, 4.69) is 10.6 Å². The molecule has 2 fully saturated rings. The summed E-state index contributed by atoms with van der Waals surface area (Å²) in [6, 6.07) is 7.04. The van der Waals surface area contributed by atoms with E-state index >= 15 is 0 Å². The Kier molecular flexibility index (Phi) is 7.03. The van der Waals surface area contributed by atoms with Crippen LogP contribution in [0, 0.1) is 5.82 Å². The molecule has 26 heavy (non-hydrogen) atoms. The summed E-state index contributed by atoms with van der Waals surface area (Å²) in [5.74, 6) is -0.301. The molecule has 1 aromatic rings. The molecule has 1 heterocycles. The van der Waals surface area contributed by atoms with Crippen LogP contribution in [0.5, 0.6) is 0 Å². The van der Waals surface area contributed by atoms with Gasteiger partial charge in [0.1, 0.15) is 5.82 Å². The Morgan fingerprint density at radius 1 is 1.12 bits per heavy atom. The van der Waals surface area contributed by atoms with E-state index in [1.807, 2.05) is 6.07 Å². The molecule has 1 aliphatic carbocycles. The Bertz CT molecular complexity index is 579. The van der Waals surface area contributed by atoms with Gasteiger partial charge in [0.15, 0.2) is 0 Å². The largest absolute Gasteiger partial charge is 0.381 e. The minimum Gasteiger partial charge on any atom is -0.381 e. The first-order valence-electron chi connectivity index (χ1n) is 10.1. The molecule has 5 heteroatoms. The fourth-order valence-electron chi connectivity index (χ4n) is 4.26. The number of benzene rings is 1. The van der Waals surface area contributed by atoms with E-state index in [1.165, 1.54) is 50.7 Å². The summed E-state index contributed by atoms with van der Waals surface area (Å²) in [6.45, 7) is 2.45. The van der Waals surface area contributed by atoms with Gasteiger partial charge in [0.2, 0.25) is 5.91 Å². The van der Waals surface area contributed by atoms with Crippen LogP contribution in [-0.4, -0.2) is 38.3 Å². The van der Waals surface area contributed by atoms with Gasteiger partial charge in [-0.05, 0) is 43.4 Å². The Balaban J connectivity index is 1.56. The first-order valence-corrected chi connectivity index (χ1v) is 10.1. The number of hydrogen-bond acceptors (Lipinski definition) is 3. The first-order chi connectivity index (χ1) is 12.7. The van der Waals surface area contributed by atoms with E-state index in [-0.39, 0.29) is 11.7 Å². The summed E-state index contributed by atoms with van der Waals surface area (Å²) in [5, 5.41) is 6.67. The van der Waals surface area contributed by atoms with Crippen molar-refractivity contribution in [2.24, 2.45) is 0 Å². The number of rotatable bonds is 6. The van der Waals surface area contributed by atoms with Gasteiger partial charge in [0.25, 0.3) is 0 Å². The van der Waals surface area contributed by atoms with E-state index in [4.69, 9.17) is 4.74 Å². The minimum absolute atomic E-state index is 0.00549. The summed E-state index contributed by atoms with van der Waals surface area (Å²) >= 11 is 0. The van der Waals surface area contributed by atoms with Crippen LogP contribution in [-0.2, 0) is 14.9 Å². The molecule has 0 atom stereocenters. The Hall–Kier alpha value is -1.46. The van der Waals surface area contributed by atoms with Crippen molar-refractivity contribution in [2.45, 2.75) is 62.8 Å². The monoisotopic (exact) mass is 362 g/mol. The lowest BCUT2D eigenvalue weighted by molar-refractivity contribution is -0.130. The van der Waals surface area contributed by atoms with Crippen LogP contribution in [0.2, 0.25) is 0 Å². The normalized spacial score (nSPS) is 21.1. The van der Waals surface area contributed by atoms with Crippen LogP contribution >= 0.6 is 0 Å². The summed E-state index contributed by atoms with van der Waals surface area (Å²) in [6.07, 6.45) is 8.94. The lowest BCUT2D eigenvalue weighted by atomic mass is 9.73. The molecule has 1 aliphatic heterocycles. The number of ether oxygens (including phenoxy) is 1. The van der Waals surface area contributed by atoms with Crippen molar-refractivity contribution in [3.05, 3.63) is 35.6 Å². The van der Waals surface area contributed by atoms with E-state index in [9.17, 15) is 9.18 Å². The van der Waals surface area contributed by atoms with Crippen molar-refractivity contribution in [3.63, 3.8) is 0 Å². The molecule has 2 aliphatic rings. The number of nitrogens with one attached hydrogen (secondary N) is 2. The van der Waals surface area contributed by atoms with Crippen molar-refractivity contribution >= 4 is 5.91 Å². The third-order valence-corrected chi connectivity index (χ3v) is 5.86. The Morgan fingerprint density at radius 3 is 2.54 bits per heavy atom. The molecule has 1 saturated heterocycles. The maximum absolute atomic E-state index is 13.7. The highest BCUT2D eigenvalue weighted by atomic mass is 19.1. The van der Waals surface area contributed by atoms with Crippen molar-refractivity contribution in [2.75, 3.05) is 26.3 Å². The molecule has 0 spiro atoms. The van der Waals surface area contributed by atoms with Crippen molar-refractivity contribution in [3.8, 4) is 0 Å². The number of amides is 1. The van der Waals surface area contributed by atoms with Crippen LogP contribution in [0.25, 0.3) is 0 Å². The molecule has 4 nitrogen and oxygen atoms in total.